The number of pyridine rings is 1. The van der Waals surface area contributed by atoms with Crippen LogP contribution in [-0.2, 0) is 0 Å². The number of aromatic nitrogens is 3. The van der Waals surface area contributed by atoms with E-state index in [-0.39, 0.29) is 34.3 Å². The molecule has 144 valence electrons. The summed E-state index contributed by atoms with van der Waals surface area (Å²) >= 11 is 4.13. The highest BCUT2D eigenvalue weighted by molar-refractivity contribution is 7.82. The molecule has 0 fully saturated rings. The molecule has 10 nitrogen and oxygen atoms in total. The summed E-state index contributed by atoms with van der Waals surface area (Å²) < 4.78 is 1.04. The van der Waals surface area contributed by atoms with Crippen LogP contribution >= 0.6 is 12.8 Å². The highest BCUT2D eigenvalue weighted by Crippen LogP contribution is 2.30. The van der Waals surface area contributed by atoms with E-state index in [1.54, 1.807) is 19.1 Å². The maximum Gasteiger partial charge on any atom is 0.337 e. The first-order valence-corrected chi connectivity index (χ1v) is 8.53. The molecular formula is C17H16N6O4S. The summed E-state index contributed by atoms with van der Waals surface area (Å²) in [6.45, 7) is 2.21. The van der Waals surface area contributed by atoms with Gasteiger partial charge in [-0.2, -0.15) is 0 Å². The summed E-state index contributed by atoms with van der Waals surface area (Å²) in [5.74, 6) is -1.05. The molecule has 3 rings (SSSR count). The largest absolute Gasteiger partial charge is 0.506 e. The number of rotatable bonds is 5. The Hall–Kier alpha value is -3.60. The Morgan fingerprint density at radius 2 is 2.00 bits per heavy atom. The number of fused-ring (bicyclic) bond motifs is 1. The Morgan fingerprint density at radius 3 is 2.71 bits per heavy atom. The van der Waals surface area contributed by atoms with Gasteiger partial charge < -0.3 is 20.8 Å². The fourth-order valence-electron chi connectivity index (χ4n) is 2.37. The van der Waals surface area contributed by atoms with Crippen LogP contribution in [0.25, 0.3) is 11.2 Å². The predicted octanol–water partition coefficient (Wildman–Crippen LogP) is 2.55. The van der Waals surface area contributed by atoms with E-state index in [1.165, 1.54) is 24.4 Å². The quantitative estimate of drug-likeness (QED) is 0.325. The molecule has 3 aromatic rings. The molecule has 0 radical (unpaired) electrons. The fourth-order valence-corrected chi connectivity index (χ4v) is 2.56. The summed E-state index contributed by atoms with van der Waals surface area (Å²) in [7, 11) is 0. The summed E-state index contributed by atoms with van der Waals surface area (Å²) in [4.78, 5) is 36.0. The molecule has 2 amide bonds. The minimum absolute atomic E-state index is 0.0158. The molecule has 0 aliphatic heterocycles. The van der Waals surface area contributed by atoms with Crippen LogP contribution in [0.2, 0.25) is 0 Å². The number of carbonyl (C=O) groups excluding carboxylic acids is 1. The van der Waals surface area contributed by atoms with E-state index in [0.717, 1.165) is 4.31 Å². The number of hydrogen-bond donors (Lipinski definition) is 5. The molecule has 0 saturated carbocycles. The van der Waals surface area contributed by atoms with Gasteiger partial charge in [0.15, 0.2) is 11.5 Å². The first kappa shape index (κ1) is 19.2. The van der Waals surface area contributed by atoms with Gasteiger partial charge in [-0.15, -0.1) is 0 Å². The van der Waals surface area contributed by atoms with Crippen molar-refractivity contribution in [2.45, 2.75) is 6.92 Å². The van der Waals surface area contributed by atoms with Gasteiger partial charge in [0.25, 0.3) is 0 Å². The average Bonchev–Trinajstić information content (AvgIpc) is 2.68. The van der Waals surface area contributed by atoms with Gasteiger partial charge in [0.2, 0.25) is 0 Å². The van der Waals surface area contributed by atoms with Crippen LogP contribution in [0.5, 0.6) is 5.75 Å². The van der Waals surface area contributed by atoms with Gasteiger partial charge in [-0.1, -0.05) is 18.9 Å². The minimum Gasteiger partial charge on any atom is -0.506 e. The number of thiol groups is 1. The molecule has 28 heavy (non-hydrogen) atoms. The van der Waals surface area contributed by atoms with Crippen LogP contribution in [0, 0.1) is 0 Å². The molecule has 0 aliphatic carbocycles. The number of carbonyl (C=O) groups is 2. The summed E-state index contributed by atoms with van der Waals surface area (Å²) in [5, 5.41) is 24.6. The zero-order valence-corrected chi connectivity index (χ0v) is 15.5. The van der Waals surface area contributed by atoms with Crippen LogP contribution in [0.4, 0.5) is 22.1 Å². The molecule has 0 unspecified atom stereocenters. The van der Waals surface area contributed by atoms with Crippen molar-refractivity contribution in [3.63, 3.8) is 0 Å². The average molecular weight is 400 g/mol. The lowest BCUT2D eigenvalue weighted by atomic mass is 10.1. The van der Waals surface area contributed by atoms with Gasteiger partial charge in [0.05, 0.1) is 17.4 Å². The topological polar surface area (TPSA) is 141 Å². The lowest BCUT2D eigenvalue weighted by molar-refractivity contribution is 0.0697. The van der Waals surface area contributed by atoms with Crippen molar-refractivity contribution < 1.29 is 19.8 Å². The number of aromatic hydroxyl groups is 1. The number of amides is 2. The van der Waals surface area contributed by atoms with E-state index < -0.39 is 12.0 Å². The first-order chi connectivity index (χ1) is 13.4. The number of nitrogens with one attached hydrogen (secondary N) is 2. The van der Waals surface area contributed by atoms with Gasteiger partial charge in [-0.3, -0.25) is 0 Å². The molecule has 1 aromatic carbocycles. The molecule has 0 bridgehead atoms. The summed E-state index contributed by atoms with van der Waals surface area (Å²) in [6, 6.07) is 6.87. The van der Waals surface area contributed by atoms with Crippen molar-refractivity contribution in [3.8, 4) is 5.75 Å². The van der Waals surface area contributed by atoms with E-state index in [1.807, 2.05) is 0 Å². The lowest BCUT2D eigenvalue weighted by Gasteiger charge is -2.15. The number of carboxylic acids is 1. The van der Waals surface area contributed by atoms with Crippen molar-refractivity contribution in [2.75, 3.05) is 16.2 Å². The number of aromatic carboxylic acids is 1. The Labute approximate surface area is 164 Å². The second-order valence-electron chi connectivity index (χ2n) is 5.54. The van der Waals surface area contributed by atoms with Gasteiger partial charge in [0, 0.05) is 6.54 Å². The van der Waals surface area contributed by atoms with E-state index >= 15 is 0 Å². The number of carboxylic acid groups (broad SMARTS) is 1. The van der Waals surface area contributed by atoms with Gasteiger partial charge in [-0.05, 0) is 31.2 Å². The van der Waals surface area contributed by atoms with E-state index in [2.05, 4.69) is 38.4 Å². The number of benzene rings is 1. The Bertz CT molecular complexity index is 1060. The van der Waals surface area contributed by atoms with Crippen LogP contribution < -0.4 is 14.9 Å². The highest BCUT2D eigenvalue weighted by Gasteiger charge is 2.16. The molecule has 2 aromatic heterocycles. The third-order valence-electron chi connectivity index (χ3n) is 3.66. The predicted molar refractivity (Wildman–Crippen MR) is 106 cm³/mol. The van der Waals surface area contributed by atoms with Crippen molar-refractivity contribution in [1.29, 1.82) is 0 Å². The Balaban J connectivity index is 1.96. The van der Waals surface area contributed by atoms with Gasteiger partial charge >= 0.3 is 12.0 Å². The zero-order chi connectivity index (χ0) is 20.3. The zero-order valence-electron chi connectivity index (χ0n) is 14.6. The third kappa shape index (κ3) is 3.88. The Morgan fingerprint density at radius 1 is 1.21 bits per heavy atom. The monoisotopic (exact) mass is 400 g/mol. The molecule has 2 heterocycles. The smallest absolute Gasteiger partial charge is 0.337 e. The normalized spacial score (nSPS) is 10.5. The van der Waals surface area contributed by atoms with Crippen LogP contribution in [0.3, 0.4) is 0 Å². The standard InChI is InChI=1S/C17H16N6O4S/c1-2-18-17(27)23(28)13-7-6-10-15(22-13)21-12(8-19-10)20-14-9(16(25)26)4-3-5-11(14)24/h3-8,24,28H,2H2,1H3,(H,18,27)(H,25,26)(H,20,21,22). The first-order valence-electron chi connectivity index (χ1n) is 8.13. The maximum atomic E-state index is 11.9. The second kappa shape index (κ2) is 7.96. The number of para-hydroxylation sites is 1. The molecule has 0 saturated heterocycles. The van der Waals surface area contributed by atoms with E-state index in [4.69, 9.17) is 0 Å². The van der Waals surface area contributed by atoms with Crippen molar-refractivity contribution in [3.05, 3.63) is 42.1 Å². The SMILES string of the molecule is CCNC(=O)N(S)c1ccc2ncc(Nc3c(O)cccc3C(=O)O)nc2n1. The minimum atomic E-state index is -1.21. The van der Waals surface area contributed by atoms with Crippen molar-refractivity contribution >= 4 is 53.3 Å². The number of phenols is 1. The number of phenolic OH excluding ortho intramolecular Hbond substituents is 1. The van der Waals surface area contributed by atoms with E-state index in [9.17, 15) is 19.8 Å². The fraction of sp³-hybridized carbons (Fsp3) is 0.118. The number of nitrogens with zero attached hydrogens (tertiary/aromatic N) is 4. The van der Waals surface area contributed by atoms with Crippen molar-refractivity contribution in [2.24, 2.45) is 0 Å². The summed E-state index contributed by atoms with van der Waals surface area (Å²) in [6.07, 6.45) is 1.38. The Kier molecular flexibility index (Phi) is 5.45. The van der Waals surface area contributed by atoms with Gasteiger partial charge in [-0.25, -0.2) is 28.8 Å². The molecule has 0 spiro atoms. The summed E-state index contributed by atoms with van der Waals surface area (Å²) in [5.41, 5.74) is 0.528. The maximum absolute atomic E-state index is 11.9. The second-order valence-corrected chi connectivity index (χ2v) is 5.94. The van der Waals surface area contributed by atoms with Crippen molar-refractivity contribution in [1.82, 2.24) is 20.3 Å². The highest BCUT2D eigenvalue weighted by atomic mass is 32.1. The number of hydrogen-bond acceptors (Lipinski definition) is 8. The number of urea groups is 1. The molecule has 11 heteroatoms. The third-order valence-corrected chi connectivity index (χ3v) is 4.04. The van der Waals surface area contributed by atoms with E-state index in [0.29, 0.717) is 12.1 Å². The van der Waals surface area contributed by atoms with Crippen LogP contribution in [-0.4, -0.2) is 43.7 Å². The van der Waals surface area contributed by atoms with Crippen LogP contribution in [0.15, 0.2) is 36.5 Å². The van der Waals surface area contributed by atoms with Crippen LogP contribution in [0.1, 0.15) is 17.3 Å². The van der Waals surface area contributed by atoms with Gasteiger partial charge in [0.1, 0.15) is 17.1 Å². The lowest BCUT2D eigenvalue weighted by Crippen LogP contribution is -2.34. The molecule has 0 aliphatic rings. The molecule has 4 N–H and O–H groups in total. The number of anilines is 3. The molecular weight excluding hydrogens is 384 g/mol. The molecule has 0 atom stereocenters.